The molecule has 30 heavy (non-hydrogen) atoms. The monoisotopic (exact) mass is 425 g/mol. The van der Waals surface area contributed by atoms with E-state index in [0.717, 1.165) is 0 Å². The number of aromatic nitrogens is 3. The van der Waals surface area contributed by atoms with Crippen LogP contribution in [0.5, 0.6) is 0 Å². The highest BCUT2D eigenvalue weighted by atomic mass is 16.6. The van der Waals surface area contributed by atoms with Crippen LogP contribution < -0.4 is 0 Å². The van der Waals surface area contributed by atoms with Crippen molar-refractivity contribution in [2.45, 2.75) is 71.9 Å². The van der Waals surface area contributed by atoms with Gasteiger partial charge in [0, 0.05) is 32.5 Å². The number of rotatable bonds is 5. The average Bonchev–Trinajstić information content (AvgIpc) is 3.14. The number of aryl methyl sites for hydroxylation is 1. The van der Waals surface area contributed by atoms with Crippen molar-refractivity contribution in [3.05, 3.63) is 11.9 Å². The lowest BCUT2D eigenvalue weighted by Crippen LogP contribution is -2.47. The Balaban J connectivity index is 2.21. The number of amides is 2. The predicted molar refractivity (Wildman–Crippen MR) is 110 cm³/mol. The third-order valence-electron chi connectivity index (χ3n) is 5.15. The molecule has 0 fully saturated rings. The lowest BCUT2D eigenvalue weighted by Gasteiger charge is -2.35. The number of aliphatic hydroxyl groups excluding tert-OH is 1. The minimum Gasteiger partial charge on any atom is -0.447 e. The van der Waals surface area contributed by atoms with E-state index in [1.54, 1.807) is 30.5 Å². The van der Waals surface area contributed by atoms with Gasteiger partial charge in [0.25, 0.3) is 0 Å². The Morgan fingerprint density at radius 3 is 2.83 bits per heavy atom. The van der Waals surface area contributed by atoms with Crippen LogP contribution in [-0.4, -0.2) is 86.9 Å². The molecule has 10 nitrogen and oxygen atoms in total. The van der Waals surface area contributed by atoms with Gasteiger partial charge in [0.15, 0.2) is 0 Å². The molecule has 0 saturated carbocycles. The molecule has 1 aromatic heterocycles. The molecule has 0 radical (unpaired) electrons. The van der Waals surface area contributed by atoms with Gasteiger partial charge in [-0.3, -0.25) is 9.48 Å². The molecule has 0 spiro atoms. The maximum Gasteiger partial charge on any atom is 0.409 e. The van der Waals surface area contributed by atoms with Crippen molar-refractivity contribution in [3.63, 3.8) is 0 Å². The summed E-state index contributed by atoms with van der Waals surface area (Å²) in [5, 5.41) is 17.9. The van der Waals surface area contributed by atoms with Crippen molar-refractivity contribution in [1.29, 1.82) is 0 Å². The second-order valence-corrected chi connectivity index (χ2v) is 8.29. The molecule has 10 heteroatoms. The van der Waals surface area contributed by atoms with Crippen molar-refractivity contribution < 1.29 is 24.2 Å². The van der Waals surface area contributed by atoms with Gasteiger partial charge < -0.3 is 24.4 Å². The van der Waals surface area contributed by atoms with Gasteiger partial charge in [-0.15, -0.1) is 5.10 Å². The Labute approximate surface area is 178 Å². The van der Waals surface area contributed by atoms with Gasteiger partial charge >= 0.3 is 6.09 Å². The second kappa shape index (κ2) is 11.3. The lowest BCUT2D eigenvalue weighted by atomic mass is 10.0. The summed E-state index contributed by atoms with van der Waals surface area (Å²) in [5.74, 6) is -0.109. The molecule has 0 aliphatic carbocycles. The van der Waals surface area contributed by atoms with Crippen LogP contribution in [-0.2, 0) is 27.4 Å². The van der Waals surface area contributed by atoms with E-state index in [1.165, 1.54) is 4.90 Å². The Morgan fingerprint density at radius 1 is 1.43 bits per heavy atom. The van der Waals surface area contributed by atoms with E-state index >= 15 is 0 Å². The van der Waals surface area contributed by atoms with E-state index in [0.29, 0.717) is 38.2 Å². The number of hydrogen-bond donors (Lipinski definition) is 1. The molecular weight excluding hydrogens is 390 g/mol. The Kier molecular flexibility index (Phi) is 9.04. The molecular formula is C20H35N5O5. The van der Waals surface area contributed by atoms with E-state index in [1.807, 2.05) is 20.0 Å². The topological polar surface area (TPSA) is 110 Å². The van der Waals surface area contributed by atoms with Crippen molar-refractivity contribution in [2.75, 3.05) is 26.7 Å². The largest absolute Gasteiger partial charge is 0.447 e. The summed E-state index contributed by atoms with van der Waals surface area (Å²) < 4.78 is 13.1. The van der Waals surface area contributed by atoms with Crippen LogP contribution in [0.15, 0.2) is 6.20 Å². The van der Waals surface area contributed by atoms with Crippen LogP contribution in [0.2, 0.25) is 0 Å². The van der Waals surface area contributed by atoms with Crippen molar-refractivity contribution >= 4 is 12.0 Å². The van der Waals surface area contributed by atoms with Gasteiger partial charge in [0.05, 0.1) is 44.2 Å². The van der Waals surface area contributed by atoms with Crippen LogP contribution in [0.1, 0.15) is 46.2 Å². The molecule has 0 aromatic carbocycles. The summed E-state index contributed by atoms with van der Waals surface area (Å²) in [6.07, 6.45) is 1.81. The zero-order chi connectivity index (χ0) is 22.3. The fourth-order valence-electron chi connectivity index (χ4n) is 3.33. The number of fused-ring (bicyclic) bond motifs is 2. The molecule has 0 unspecified atom stereocenters. The number of carbonyl (C=O) groups excluding carboxylic acids is 2. The third-order valence-corrected chi connectivity index (χ3v) is 5.15. The first-order chi connectivity index (χ1) is 14.2. The molecule has 1 aromatic rings. The van der Waals surface area contributed by atoms with E-state index in [-0.39, 0.29) is 43.3 Å². The number of hydrogen-bond acceptors (Lipinski definition) is 7. The maximum atomic E-state index is 12.8. The molecule has 2 bridgehead atoms. The third kappa shape index (κ3) is 6.94. The van der Waals surface area contributed by atoms with Crippen LogP contribution >= 0.6 is 0 Å². The van der Waals surface area contributed by atoms with Crippen LogP contribution in [0.3, 0.4) is 0 Å². The summed E-state index contributed by atoms with van der Waals surface area (Å²) in [4.78, 5) is 28.3. The normalized spacial score (nSPS) is 22.1. The Hall–Kier alpha value is -2.20. The second-order valence-electron chi connectivity index (χ2n) is 8.29. The number of nitrogens with zero attached hydrogens (tertiary/aromatic N) is 5. The minimum absolute atomic E-state index is 0.0192. The van der Waals surface area contributed by atoms with E-state index in [9.17, 15) is 14.7 Å². The average molecular weight is 426 g/mol. The van der Waals surface area contributed by atoms with Crippen molar-refractivity contribution in [3.8, 4) is 0 Å². The first-order valence-electron chi connectivity index (χ1n) is 10.5. The molecule has 1 aliphatic heterocycles. The predicted octanol–water partition coefficient (Wildman–Crippen LogP) is 1.28. The van der Waals surface area contributed by atoms with Gasteiger partial charge in [-0.05, 0) is 27.2 Å². The van der Waals surface area contributed by atoms with E-state index < -0.39 is 6.09 Å². The summed E-state index contributed by atoms with van der Waals surface area (Å²) in [6.45, 7) is 8.85. The number of aliphatic hydroxyl groups is 1. The van der Waals surface area contributed by atoms with Gasteiger partial charge in [0.2, 0.25) is 5.91 Å². The number of likely N-dealkylation sites (N-methyl/N-ethyl adjacent to an activating group) is 1. The van der Waals surface area contributed by atoms with Crippen molar-refractivity contribution in [1.82, 2.24) is 24.8 Å². The summed E-state index contributed by atoms with van der Waals surface area (Å²) in [6, 6.07) is -0.299. The molecule has 1 N–H and O–H groups in total. The van der Waals surface area contributed by atoms with Gasteiger partial charge in [0.1, 0.15) is 5.69 Å². The number of carbonyl (C=O) groups is 2. The molecule has 1 aliphatic rings. The standard InChI is InChI=1S/C20H35N5O5/c1-14(2)30-20(28)23(5)11-18-15(3)9-25(16(4)12-26)19(27)7-6-8-24-10-17(13-29-18)21-22-24/h10,14-16,18,26H,6-9,11-13H2,1-5H3/t15-,16+,18+/m1/s1. The molecule has 2 heterocycles. The lowest BCUT2D eigenvalue weighted by molar-refractivity contribution is -0.136. The summed E-state index contributed by atoms with van der Waals surface area (Å²) in [7, 11) is 1.66. The first-order valence-corrected chi connectivity index (χ1v) is 10.5. The Bertz CT molecular complexity index is 695. The zero-order valence-corrected chi connectivity index (χ0v) is 18.7. The highest BCUT2D eigenvalue weighted by molar-refractivity contribution is 5.76. The van der Waals surface area contributed by atoms with E-state index in [4.69, 9.17) is 9.47 Å². The zero-order valence-electron chi connectivity index (χ0n) is 18.7. The van der Waals surface area contributed by atoms with Gasteiger partial charge in [-0.2, -0.15) is 0 Å². The molecule has 2 rings (SSSR count). The minimum atomic E-state index is -0.425. The molecule has 170 valence electrons. The smallest absolute Gasteiger partial charge is 0.409 e. The van der Waals surface area contributed by atoms with Crippen LogP contribution in [0.25, 0.3) is 0 Å². The highest BCUT2D eigenvalue weighted by Gasteiger charge is 2.29. The summed E-state index contributed by atoms with van der Waals surface area (Å²) >= 11 is 0. The van der Waals surface area contributed by atoms with Crippen LogP contribution in [0.4, 0.5) is 4.79 Å². The van der Waals surface area contributed by atoms with Crippen LogP contribution in [0, 0.1) is 5.92 Å². The van der Waals surface area contributed by atoms with Crippen molar-refractivity contribution in [2.24, 2.45) is 5.92 Å². The molecule has 0 saturated heterocycles. The summed E-state index contributed by atoms with van der Waals surface area (Å²) in [5.41, 5.74) is 0.700. The highest BCUT2D eigenvalue weighted by Crippen LogP contribution is 2.18. The fourth-order valence-corrected chi connectivity index (χ4v) is 3.33. The SMILES string of the molecule is CC(C)OC(=O)N(C)C[C@@H]1OCc2cn(nn2)CCCC(=O)N([C@@H](C)CO)C[C@H]1C. The van der Waals surface area contributed by atoms with E-state index in [2.05, 4.69) is 10.3 Å². The van der Waals surface area contributed by atoms with Gasteiger partial charge in [-0.25, -0.2) is 4.79 Å². The molecule has 2 amide bonds. The van der Waals surface area contributed by atoms with Gasteiger partial charge in [-0.1, -0.05) is 12.1 Å². The molecule has 3 atom stereocenters. The Morgan fingerprint density at radius 2 is 2.17 bits per heavy atom. The maximum absolute atomic E-state index is 12.8. The quantitative estimate of drug-likeness (QED) is 0.757. The number of ether oxygens (including phenoxy) is 2. The first kappa shape index (κ1) is 24.1. The fraction of sp³-hybridized carbons (Fsp3) is 0.800.